The largest absolute Gasteiger partial charge is 0.390 e. The molecular weight excluding hydrogens is 432 g/mol. The summed E-state index contributed by atoms with van der Waals surface area (Å²) in [6.45, 7) is 20.0. The normalized spacial score (nSPS) is 59.2. The van der Waals surface area contributed by atoms with Gasteiger partial charge in [0.1, 0.15) is 0 Å². The van der Waals surface area contributed by atoms with Gasteiger partial charge in [-0.25, -0.2) is 0 Å². The molecule has 1 aliphatic heterocycles. The number of aliphatic hydroxyl groups excluding tert-OH is 1. The van der Waals surface area contributed by atoms with Crippen molar-refractivity contribution in [3.8, 4) is 0 Å². The number of hydrogen-bond donors (Lipinski definition) is 1. The van der Waals surface area contributed by atoms with Gasteiger partial charge in [-0.05, 0) is 111 Å². The summed E-state index contributed by atoms with van der Waals surface area (Å²) in [4.78, 5) is 0. The third-order valence-electron chi connectivity index (χ3n) is 13.7. The number of ether oxygens (including phenoxy) is 2. The minimum Gasteiger partial charge on any atom is -0.390 e. The summed E-state index contributed by atoms with van der Waals surface area (Å²) in [5, 5.41) is 11.6. The maximum absolute atomic E-state index is 11.6. The zero-order valence-electron chi connectivity index (χ0n) is 23.8. The van der Waals surface area contributed by atoms with Crippen molar-refractivity contribution in [2.75, 3.05) is 6.61 Å². The van der Waals surface area contributed by atoms with E-state index in [0.29, 0.717) is 29.3 Å². The van der Waals surface area contributed by atoms with Crippen LogP contribution in [0, 0.1) is 57.2 Å². The highest BCUT2D eigenvalue weighted by Crippen LogP contribution is 2.75. The highest BCUT2D eigenvalue weighted by Gasteiger charge is 2.70. The number of allylic oxidation sites excluding steroid dienone is 2. The zero-order valence-corrected chi connectivity index (χ0v) is 23.8. The summed E-state index contributed by atoms with van der Waals surface area (Å²) >= 11 is 0. The Morgan fingerprint density at radius 3 is 2.37 bits per heavy atom. The van der Waals surface area contributed by atoms with E-state index in [-0.39, 0.29) is 16.9 Å². The van der Waals surface area contributed by atoms with Crippen LogP contribution in [0.5, 0.6) is 0 Å². The highest BCUT2D eigenvalue weighted by atomic mass is 16.7. The second-order valence-electron chi connectivity index (χ2n) is 15.5. The van der Waals surface area contributed by atoms with Crippen molar-refractivity contribution in [3.05, 3.63) is 11.6 Å². The van der Waals surface area contributed by atoms with Gasteiger partial charge in [0, 0.05) is 5.41 Å². The van der Waals surface area contributed by atoms with Crippen molar-refractivity contribution >= 4 is 0 Å². The molecule has 0 amide bonds. The molecule has 12 atom stereocenters. The van der Waals surface area contributed by atoms with Gasteiger partial charge in [-0.15, -0.1) is 0 Å². The van der Waals surface area contributed by atoms with Gasteiger partial charge in [-0.3, -0.25) is 0 Å². The fourth-order valence-corrected chi connectivity index (χ4v) is 11.5. The first-order valence-electron chi connectivity index (χ1n) is 15.0. The van der Waals surface area contributed by atoms with Crippen molar-refractivity contribution in [1.82, 2.24) is 0 Å². The molecule has 35 heavy (non-hydrogen) atoms. The molecule has 0 spiro atoms. The van der Waals surface area contributed by atoms with E-state index in [1.54, 1.807) is 0 Å². The molecule has 6 rings (SSSR count). The van der Waals surface area contributed by atoms with Crippen LogP contribution in [-0.2, 0) is 9.47 Å². The lowest BCUT2D eigenvalue weighted by molar-refractivity contribution is -0.368. The van der Waals surface area contributed by atoms with Gasteiger partial charge in [-0.2, -0.15) is 0 Å². The van der Waals surface area contributed by atoms with E-state index >= 15 is 0 Å². The van der Waals surface area contributed by atoms with Crippen molar-refractivity contribution in [2.45, 2.75) is 125 Å². The Balaban J connectivity index is 1.39. The molecule has 1 N–H and O–H groups in total. The van der Waals surface area contributed by atoms with E-state index in [1.165, 1.54) is 44.9 Å². The summed E-state index contributed by atoms with van der Waals surface area (Å²) in [7, 11) is 0. The minimum atomic E-state index is -0.607. The molecule has 198 valence electrons. The molecule has 0 aromatic heterocycles. The van der Waals surface area contributed by atoms with Crippen molar-refractivity contribution in [2.24, 2.45) is 57.2 Å². The van der Waals surface area contributed by atoms with Crippen LogP contribution in [0.2, 0.25) is 0 Å². The van der Waals surface area contributed by atoms with Gasteiger partial charge in [-0.1, -0.05) is 59.6 Å². The molecule has 6 aliphatic rings. The zero-order chi connectivity index (χ0) is 25.2. The summed E-state index contributed by atoms with van der Waals surface area (Å²) in [5.41, 5.74) is 2.42. The summed E-state index contributed by atoms with van der Waals surface area (Å²) in [6, 6.07) is 0. The maximum Gasteiger partial charge on any atom is 0.163 e. The summed E-state index contributed by atoms with van der Waals surface area (Å²) in [5.74, 6) is 3.89. The molecule has 1 heterocycles. The standard InChI is InChI=1S/C32H52O3/c1-19-9-10-21-13-15-31(7)22(26(21)20(19)2)11-12-25-29(5)17-23(33)27-30(6,18-34-28(3,4)35-27)24(29)14-16-32(25,31)8/h11,19-21,23-27,33H,9-10,12-18H2,1-8H3/t19-,20+,21?,23?,24?,25?,26?,27?,29+,30+,31-,32-/m1/s1. The SMILES string of the molecule is C[C@@H]1CCC2CC[C@]3(C)C(=CCC4[C@@]5(C)CC(O)C6OC(C)(C)OC[C@@]6(C)C5CC[C@]43C)C2[C@H]1C. The maximum atomic E-state index is 11.6. The molecule has 0 bridgehead atoms. The molecule has 1 saturated heterocycles. The molecule has 0 aromatic carbocycles. The smallest absolute Gasteiger partial charge is 0.163 e. The van der Waals surface area contributed by atoms with Gasteiger partial charge in [0.05, 0.1) is 18.8 Å². The van der Waals surface area contributed by atoms with Gasteiger partial charge in [0.25, 0.3) is 0 Å². The number of hydrogen-bond acceptors (Lipinski definition) is 3. The molecule has 4 saturated carbocycles. The van der Waals surface area contributed by atoms with Crippen LogP contribution < -0.4 is 0 Å². The van der Waals surface area contributed by atoms with E-state index in [4.69, 9.17) is 9.47 Å². The van der Waals surface area contributed by atoms with Gasteiger partial charge in [0.15, 0.2) is 5.79 Å². The van der Waals surface area contributed by atoms with E-state index in [0.717, 1.165) is 30.1 Å². The van der Waals surface area contributed by atoms with E-state index in [2.05, 4.69) is 47.6 Å². The first kappa shape index (κ1) is 24.9. The monoisotopic (exact) mass is 484 g/mol. The predicted molar refractivity (Wildman–Crippen MR) is 141 cm³/mol. The summed E-state index contributed by atoms with van der Waals surface area (Å²) in [6.07, 6.45) is 12.4. The van der Waals surface area contributed by atoms with Crippen LogP contribution >= 0.6 is 0 Å². The second-order valence-corrected chi connectivity index (χ2v) is 15.5. The fraction of sp³-hybridized carbons (Fsp3) is 0.938. The summed E-state index contributed by atoms with van der Waals surface area (Å²) < 4.78 is 12.7. The average molecular weight is 485 g/mol. The van der Waals surface area contributed by atoms with Crippen LogP contribution in [-0.4, -0.2) is 29.7 Å². The Morgan fingerprint density at radius 1 is 0.886 bits per heavy atom. The molecule has 3 heteroatoms. The second kappa shape index (κ2) is 7.60. The van der Waals surface area contributed by atoms with Crippen molar-refractivity contribution in [1.29, 1.82) is 0 Å². The Kier molecular flexibility index (Phi) is 5.41. The number of aliphatic hydroxyl groups is 1. The van der Waals surface area contributed by atoms with Crippen molar-refractivity contribution in [3.63, 3.8) is 0 Å². The van der Waals surface area contributed by atoms with Crippen LogP contribution in [0.1, 0.15) is 107 Å². The fourth-order valence-electron chi connectivity index (χ4n) is 11.5. The molecular formula is C32H52O3. The Labute approximate surface area is 214 Å². The van der Waals surface area contributed by atoms with E-state index in [9.17, 15) is 5.11 Å². The van der Waals surface area contributed by atoms with Crippen LogP contribution in [0.4, 0.5) is 0 Å². The lowest BCUT2D eigenvalue weighted by Crippen LogP contribution is -2.70. The van der Waals surface area contributed by atoms with Gasteiger partial charge < -0.3 is 14.6 Å². The molecule has 5 aliphatic carbocycles. The minimum absolute atomic E-state index is 0.110. The van der Waals surface area contributed by atoms with E-state index < -0.39 is 11.9 Å². The van der Waals surface area contributed by atoms with Gasteiger partial charge >= 0.3 is 0 Å². The van der Waals surface area contributed by atoms with Crippen LogP contribution in [0.25, 0.3) is 0 Å². The lowest BCUT2D eigenvalue weighted by Gasteiger charge is -2.72. The predicted octanol–water partition coefficient (Wildman–Crippen LogP) is 7.38. The quantitative estimate of drug-likeness (QED) is 0.365. The number of rotatable bonds is 0. The molecule has 6 unspecified atom stereocenters. The Bertz CT molecular complexity index is 906. The van der Waals surface area contributed by atoms with Crippen LogP contribution in [0.3, 0.4) is 0 Å². The van der Waals surface area contributed by atoms with Crippen LogP contribution in [0.15, 0.2) is 11.6 Å². The lowest BCUT2D eigenvalue weighted by atomic mass is 9.34. The molecule has 0 radical (unpaired) electrons. The Hall–Kier alpha value is -0.380. The first-order valence-corrected chi connectivity index (χ1v) is 15.0. The Morgan fingerprint density at radius 2 is 1.63 bits per heavy atom. The van der Waals surface area contributed by atoms with E-state index in [1.807, 2.05) is 19.4 Å². The molecule has 3 nitrogen and oxygen atoms in total. The highest BCUT2D eigenvalue weighted by molar-refractivity contribution is 5.32. The third kappa shape index (κ3) is 3.13. The molecule has 5 fully saturated rings. The van der Waals surface area contributed by atoms with Crippen molar-refractivity contribution < 1.29 is 14.6 Å². The third-order valence-corrected chi connectivity index (χ3v) is 13.7. The first-order chi connectivity index (χ1) is 16.3. The van der Waals surface area contributed by atoms with Gasteiger partial charge in [0.2, 0.25) is 0 Å². The average Bonchev–Trinajstić information content (AvgIpc) is 2.77. The number of fused-ring (bicyclic) bond motifs is 9. The molecule has 0 aromatic rings. The topological polar surface area (TPSA) is 38.7 Å².